The molecule has 0 spiro atoms. The molecule has 1 amide bonds. The number of nitrogens with one attached hydrogen (secondary N) is 1. The lowest BCUT2D eigenvalue weighted by Crippen LogP contribution is -2.48. The quantitative estimate of drug-likeness (QED) is 0.839. The number of alkyl halides is 3. The van der Waals surface area contributed by atoms with Crippen LogP contribution in [0.1, 0.15) is 27.5 Å². The molecule has 1 saturated heterocycles. The van der Waals surface area contributed by atoms with Gasteiger partial charge in [0, 0.05) is 38.3 Å². The molecule has 0 saturated carbocycles. The molecular formula is C19H22F3N3OS. The van der Waals surface area contributed by atoms with Crippen LogP contribution in [0.25, 0.3) is 0 Å². The fraction of sp³-hybridized carbons (Fsp3) is 0.421. The van der Waals surface area contributed by atoms with Crippen molar-refractivity contribution in [3.63, 3.8) is 0 Å². The van der Waals surface area contributed by atoms with Crippen molar-refractivity contribution in [1.29, 1.82) is 0 Å². The maximum absolute atomic E-state index is 12.7. The Kier molecular flexibility index (Phi) is 6.18. The molecule has 2 aromatic rings. The summed E-state index contributed by atoms with van der Waals surface area (Å²) >= 11 is 1.61. The lowest BCUT2D eigenvalue weighted by Gasteiger charge is -2.38. The SMILES string of the molecule is CN1CCN([C@@H](CNC(=O)c2ccc(C(F)(F)F)cc2)c2ccsc2)CC1. The topological polar surface area (TPSA) is 35.6 Å². The van der Waals surface area contributed by atoms with Crippen LogP contribution in [0.2, 0.25) is 0 Å². The number of carbonyl (C=O) groups excluding carboxylic acids is 1. The number of hydrogen-bond acceptors (Lipinski definition) is 4. The molecule has 0 aliphatic carbocycles. The monoisotopic (exact) mass is 397 g/mol. The Labute approximate surface area is 160 Å². The molecule has 1 fully saturated rings. The number of amides is 1. The summed E-state index contributed by atoms with van der Waals surface area (Å²) < 4.78 is 38.0. The fourth-order valence-electron chi connectivity index (χ4n) is 3.16. The molecule has 0 bridgehead atoms. The standard InChI is InChI=1S/C19H22F3N3OS/c1-24-7-9-25(10-8-24)17(15-6-11-27-13-15)12-23-18(26)14-2-4-16(5-3-14)19(20,21)22/h2-6,11,13,17H,7-10,12H2,1H3,(H,23,26)/t17-/m0/s1. The van der Waals surface area contributed by atoms with Crippen molar-refractivity contribution in [2.45, 2.75) is 12.2 Å². The highest BCUT2D eigenvalue weighted by Gasteiger charge is 2.30. The molecule has 27 heavy (non-hydrogen) atoms. The van der Waals surface area contributed by atoms with E-state index in [9.17, 15) is 18.0 Å². The van der Waals surface area contributed by atoms with Crippen molar-refractivity contribution < 1.29 is 18.0 Å². The summed E-state index contributed by atoms with van der Waals surface area (Å²) in [5, 5.41) is 6.97. The van der Waals surface area contributed by atoms with Crippen molar-refractivity contribution in [2.24, 2.45) is 0 Å². The van der Waals surface area contributed by atoms with E-state index >= 15 is 0 Å². The number of rotatable bonds is 5. The second-order valence-corrected chi connectivity index (χ2v) is 7.48. The van der Waals surface area contributed by atoms with E-state index in [0.29, 0.717) is 6.54 Å². The minimum Gasteiger partial charge on any atom is -0.350 e. The van der Waals surface area contributed by atoms with Crippen molar-refractivity contribution in [1.82, 2.24) is 15.1 Å². The summed E-state index contributed by atoms with van der Waals surface area (Å²) in [6.07, 6.45) is -4.40. The van der Waals surface area contributed by atoms with Gasteiger partial charge in [-0.15, -0.1) is 0 Å². The molecule has 0 unspecified atom stereocenters. The number of benzene rings is 1. The zero-order valence-electron chi connectivity index (χ0n) is 15.0. The predicted molar refractivity (Wildman–Crippen MR) is 99.9 cm³/mol. The average molecular weight is 397 g/mol. The van der Waals surface area contributed by atoms with Gasteiger partial charge in [0.1, 0.15) is 0 Å². The number of nitrogens with zero attached hydrogens (tertiary/aromatic N) is 2. The molecule has 0 radical (unpaired) electrons. The normalized spacial score (nSPS) is 17.6. The first-order valence-electron chi connectivity index (χ1n) is 8.75. The van der Waals surface area contributed by atoms with Crippen molar-refractivity contribution in [3.8, 4) is 0 Å². The first-order chi connectivity index (χ1) is 12.8. The summed E-state index contributed by atoms with van der Waals surface area (Å²) in [7, 11) is 2.09. The fourth-order valence-corrected chi connectivity index (χ4v) is 3.87. The van der Waals surface area contributed by atoms with E-state index < -0.39 is 11.7 Å². The van der Waals surface area contributed by atoms with Gasteiger partial charge < -0.3 is 10.2 Å². The molecule has 1 aliphatic heterocycles. The Morgan fingerprint density at radius 1 is 1.15 bits per heavy atom. The molecule has 8 heteroatoms. The van der Waals surface area contributed by atoms with E-state index in [0.717, 1.165) is 43.9 Å². The van der Waals surface area contributed by atoms with Gasteiger partial charge in [-0.2, -0.15) is 24.5 Å². The molecule has 2 heterocycles. The first kappa shape index (κ1) is 19.9. The van der Waals surface area contributed by atoms with Gasteiger partial charge in [0.15, 0.2) is 0 Å². The van der Waals surface area contributed by atoms with E-state index in [1.807, 2.05) is 5.38 Å². The maximum Gasteiger partial charge on any atom is 0.416 e. The number of likely N-dealkylation sites (N-methyl/N-ethyl adjacent to an activating group) is 1. The van der Waals surface area contributed by atoms with E-state index in [1.54, 1.807) is 11.3 Å². The molecule has 3 rings (SSSR count). The zero-order chi connectivity index (χ0) is 19.4. The molecule has 1 aliphatic rings. The van der Waals surface area contributed by atoms with E-state index in [4.69, 9.17) is 0 Å². The number of hydrogen-bond donors (Lipinski definition) is 1. The van der Waals surface area contributed by atoms with Crippen LogP contribution >= 0.6 is 11.3 Å². The predicted octanol–water partition coefficient (Wildman–Crippen LogP) is 3.49. The van der Waals surface area contributed by atoms with Crippen LogP contribution in [0.15, 0.2) is 41.1 Å². The number of halogens is 3. The summed E-state index contributed by atoms with van der Waals surface area (Å²) in [4.78, 5) is 17.0. The van der Waals surface area contributed by atoms with Crippen LogP contribution < -0.4 is 5.32 Å². The minimum absolute atomic E-state index is 0.0587. The van der Waals surface area contributed by atoms with Crippen LogP contribution in [0.4, 0.5) is 13.2 Å². The number of carbonyl (C=O) groups is 1. The molecular weight excluding hydrogens is 375 g/mol. The molecule has 146 valence electrons. The molecule has 4 nitrogen and oxygen atoms in total. The van der Waals surface area contributed by atoms with Gasteiger partial charge in [-0.3, -0.25) is 9.69 Å². The largest absolute Gasteiger partial charge is 0.416 e. The average Bonchev–Trinajstić information content (AvgIpc) is 3.17. The summed E-state index contributed by atoms with van der Waals surface area (Å²) in [6.45, 7) is 4.17. The Morgan fingerprint density at radius 3 is 2.37 bits per heavy atom. The van der Waals surface area contributed by atoms with Crippen LogP contribution in [0.5, 0.6) is 0 Å². The van der Waals surface area contributed by atoms with Crippen molar-refractivity contribution >= 4 is 17.2 Å². The lowest BCUT2D eigenvalue weighted by molar-refractivity contribution is -0.137. The summed E-state index contributed by atoms with van der Waals surface area (Å²) in [5.74, 6) is -0.363. The maximum atomic E-state index is 12.7. The first-order valence-corrected chi connectivity index (χ1v) is 9.69. The van der Waals surface area contributed by atoms with Gasteiger partial charge in [-0.25, -0.2) is 0 Å². The highest BCUT2D eigenvalue weighted by Crippen LogP contribution is 2.29. The summed E-state index contributed by atoms with van der Waals surface area (Å²) in [6, 6.07) is 6.42. The second-order valence-electron chi connectivity index (χ2n) is 6.70. The Hall–Kier alpha value is -1.90. The Balaban J connectivity index is 1.65. The number of piperazine rings is 1. The third-order valence-corrected chi connectivity index (χ3v) is 5.54. The Morgan fingerprint density at radius 2 is 1.81 bits per heavy atom. The molecule has 1 aromatic carbocycles. The van der Waals surface area contributed by atoms with Crippen molar-refractivity contribution in [2.75, 3.05) is 39.8 Å². The minimum atomic E-state index is -4.40. The smallest absolute Gasteiger partial charge is 0.350 e. The van der Waals surface area contributed by atoms with Gasteiger partial charge in [0.05, 0.1) is 11.6 Å². The van der Waals surface area contributed by atoms with Gasteiger partial charge in [0.25, 0.3) is 5.91 Å². The van der Waals surface area contributed by atoms with Crippen LogP contribution in [-0.4, -0.2) is 55.5 Å². The third kappa shape index (κ3) is 5.09. The second kappa shape index (κ2) is 8.41. The summed E-state index contributed by atoms with van der Waals surface area (Å²) in [5.41, 5.74) is 0.621. The van der Waals surface area contributed by atoms with Crippen LogP contribution in [-0.2, 0) is 6.18 Å². The highest BCUT2D eigenvalue weighted by atomic mass is 32.1. The van der Waals surface area contributed by atoms with Gasteiger partial charge in [0.2, 0.25) is 0 Å². The van der Waals surface area contributed by atoms with Gasteiger partial charge in [-0.1, -0.05) is 0 Å². The lowest BCUT2D eigenvalue weighted by atomic mass is 10.1. The molecule has 1 N–H and O–H groups in total. The molecule has 1 atom stereocenters. The van der Waals surface area contributed by atoms with E-state index in [1.165, 1.54) is 12.1 Å². The van der Waals surface area contributed by atoms with Gasteiger partial charge >= 0.3 is 6.18 Å². The van der Waals surface area contributed by atoms with Crippen LogP contribution in [0.3, 0.4) is 0 Å². The number of thiophene rings is 1. The van der Waals surface area contributed by atoms with Gasteiger partial charge in [-0.05, 0) is 53.7 Å². The Bertz CT molecular complexity index is 739. The van der Waals surface area contributed by atoms with E-state index in [2.05, 4.69) is 33.6 Å². The zero-order valence-corrected chi connectivity index (χ0v) is 15.8. The third-order valence-electron chi connectivity index (χ3n) is 4.84. The van der Waals surface area contributed by atoms with Crippen LogP contribution in [0, 0.1) is 0 Å². The molecule has 1 aromatic heterocycles. The van der Waals surface area contributed by atoms with E-state index in [-0.39, 0.29) is 17.5 Å². The van der Waals surface area contributed by atoms with Crippen molar-refractivity contribution in [3.05, 3.63) is 57.8 Å². The highest BCUT2D eigenvalue weighted by molar-refractivity contribution is 7.07.